The lowest BCUT2D eigenvalue weighted by molar-refractivity contribution is 0.0952. The normalized spacial score (nSPS) is 17.9. The highest BCUT2D eigenvalue weighted by molar-refractivity contribution is 6.09. The van der Waals surface area contributed by atoms with E-state index in [1.54, 1.807) is 0 Å². The molecule has 6 rings (SSSR count). The Balaban J connectivity index is 1.37. The average Bonchev–Trinajstić information content (AvgIpc) is 3.60. The maximum absolute atomic E-state index is 13.8. The van der Waals surface area contributed by atoms with E-state index < -0.39 is 0 Å². The van der Waals surface area contributed by atoms with Gasteiger partial charge in [-0.05, 0) is 81.3 Å². The zero-order valence-electron chi connectivity index (χ0n) is 24.3. The van der Waals surface area contributed by atoms with Crippen LogP contribution in [0.1, 0.15) is 45.2 Å². The van der Waals surface area contributed by atoms with E-state index in [2.05, 4.69) is 56.1 Å². The minimum absolute atomic E-state index is 0.156. The van der Waals surface area contributed by atoms with Crippen LogP contribution in [0.3, 0.4) is 0 Å². The molecule has 0 radical (unpaired) electrons. The van der Waals surface area contributed by atoms with Gasteiger partial charge in [-0.1, -0.05) is 0 Å². The summed E-state index contributed by atoms with van der Waals surface area (Å²) in [6.45, 7) is 11.3. The summed E-state index contributed by atoms with van der Waals surface area (Å²) in [5.74, 6) is 0.767. The fraction of sp³-hybridized carbons (Fsp3) is 0.406. The number of hydrogen-bond donors (Lipinski definition) is 2. The number of aromatic amines is 1. The van der Waals surface area contributed by atoms with Crippen LogP contribution in [-0.4, -0.2) is 71.8 Å². The number of nitrogens with zero attached hydrogens (tertiary/aromatic N) is 4. The smallest absolute Gasteiger partial charge is 0.253 e. The summed E-state index contributed by atoms with van der Waals surface area (Å²) in [6, 6.07) is 10.4. The van der Waals surface area contributed by atoms with Crippen LogP contribution in [0.15, 0.2) is 47.5 Å². The quantitative estimate of drug-likeness (QED) is 0.375. The Hall–Kier alpha value is -3.95. The number of aryl methyl sites for hydroxylation is 3. The molecule has 0 aliphatic carbocycles. The number of ether oxygens (including phenoxy) is 1. The lowest BCUT2D eigenvalue weighted by atomic mass is 9.98. The van der Waals surface area contributed by atoms with Crippen molar-refractivity contribution in [1.29, 1.82) is 0 Å². The predicted molar refractivity (Wildman–Crippen MR) is 162 cm³/mol. The highest BCUT2D eigenvalue weighted by Crippen LogP contribution is 2.35. The minimum atomic E-state index is -0.207. The highest BCUT2D eigenvalue weighted by atomic mass is 16.5. The Labute approximate surface area is 240 Å². The average molecular weight is 555 g/mol. The second-order valence-corrected chi connectivity index (χ2v) is 11.5. The Kier molecular flexibility index (Phi) is 7.40. The van der Waals surface area contributed by atoms with Gasteiger partial charge in [0.1, 0.15) is 5.82 Å². The molecule has 0 bridgehead atoms. The molecule has 1 amide bonds. The van der Waals surface area contributed by atoms with Crippen molar-refractivity contribution in [2.75, 3.05) is 51.3 Å². The molecule has 41 heavy (non-hydrogen) atoms. The van der Waals surface area contributed by atoms with Gasteiger partial charge in [-0.3, -0.25) is 9.59 Å². The van der Waals surface area contributed by atoms with E-state index in [1.165, 1.54) is 0 Å². The van der Waals surface area contributed by atoms with E-state index in [4.69, 9.17) is 9.72 Å². The molecule has 1 atom stereocenters. The highest BCUT2D eigenvalue weighted by Gasteiger charge is 2.24. The summed E-state index contributed by atoms with van der Waals surface area (Å²) in [7, 11) is 2.15. The zero-order chi connectivity index (χ0) is 28.7. The van der Waals surface area contributed by atoms with E-state index in [1.807, 2.05) is 39.1 Å². The number of H-pyrrole nitrogens is 1. The number of hydrogen-bond acceptors (Lipinski definition) is 6. The summed E-state index contributed by atoms with van der Waals surface area (Å²) >= 11 is 0. The van der Waals surface area contributed by atoms with Gasteiger partial charge >= 0.3 is 0 Å². The molecule has 0 spiro atoms. The van der Waals surface area contributed by atoms with Gasteiger partial charge in [0, 0.05) is 79.5 Å². The lowest BCUT2D eigenvalue weighted by Crippen LogP contribution is -2.44. The Morgan fingerprint density at radius 2 is 1.88 bits per heavy atom. The number of rotatable bonds is 6. The third-order valence-electron chi connectivity index (χ3n) is 8.49. The molecule has 2 N–H and O–H groups in total. The summed E-state index contributed by atoms with van der Waals surface area (Å²) < 4.78 is 7.97. The van der Waals surface area contributed by atoms with Gasteiger partial charge in [-0.25, -0.2) is 4.98 Å². The molecule has 2 saturated heterocycles. The molecule has 9 nitrogen and oxygen atoms in total. The van der Waals surface area contributed by atoms with Crippen molar-refractivity contribution in [1.82, 2.24) is 24.8 Å². The molecule has 2 aliphatic heterocycles. The van der Waals surface area contributed by atoms with Crippen molar-refractivity contribution in [3.63, 3.8) is 0 Å². The predicted octanol–water partition coefficient (Wildman–Crippen LogP) is 3.96. The number of nitrogens with one attached hydrogen (secondary N) is 2. The molecule has 2 fully saturated rings. The Bertz CT molecular complexity index is 1640. The molecule has 214 valence electrons. The monoisotopic (exact) mass is 554 g/mol. The van der Waals surface area contributed by atoms with Crippen molar-refractivity contribution in [3.8, 4) is 11.1 Å². The number of carbonyl (C=O) groups excluding carboxylic acids is 1. The van der Waals surface area contributed by atoms with Crippen molar-refractivity contribution in [2.24, 2.45) is 0 Å². The van der Waals surface area contributed by atoms with E-state index in [0.717, 1.165) is 83.9 Å². The van der Waals surface area contributed by atoms with Gasteiger partial charge in [0.2, 0.25) is 0 Å². The zero-order valence-corrected chi connectivity index (χ0v) is 24.3. The first kappa shape index (κ1) is 27.2. The molecule has 5 heterocycles. The first-order valence-corrected chi connectivity index (χ1v) is 14.4. The van der Waals surface area contributed by atoms with Crippen LogP contribution < -0.4 is 15.8 Å². The fourth-order valence-corrected chi connectivity index (χ4v) is 6.12. The Morgan fingerprint density at radius 3 is 2.56 bits per heavy atom. The van der Waals surface area contributed by atoms with Crippen molar-refractivity contribution in [3.05, 3.63) is 81.0 Å². The molecule has 1 aromatic carbocycles. The van der Waals surface area contributed by atoms with Crippen LogP contribution in [0.25, 0.3) is 22.0 Å². The molecule has 4 aromatic rings. The summed E-state index contributed by atoms with van der Waals surface area (Å²) in [6.07, 6.45) is 4.98. The van der Waals surface area contributed by atoms with Gasteiger partial charge in [-0.15, -0.1) is 0 Å². The molecular weight excluding hydrogens is 516 g/mol. The molecule has 2 aliphatic rings. The molecule has 0 unspecified atom stereocenters. The third kappa shape index (κ3) is 5.39. The van der Waals surface area contributed by atoms with E-state index in [0.29, 0.717) is 17.7 Å². The number of aromatic nitrogens is 3. The van der Waals surface area contributed by atoms with Crippen molar-refractivity contribution in [2.45, 2.75) is 39.8 Å². The number of likely N-dealkylation sites (N-methyl/N-ethyl adjacent to an activating group) is 1. The Morgan fingerprint density at radius 1 is 1.07 bits per heavy atom. The van der Waals surface area contributed by atoms with Crippen molar-refractivity contribution < 1.29 is 9.53 Å². The number of fused-ring (bicyclic) bond motifs is 1. The van der Waals surface area contributed by atoms with Gasteiger partial charge in [0.25, 0.3) is 11.5 Å². The number of pyridine rings is 2. The number of anilines is 1. The third-order valence-corrected chi connectivity index (χ3v) is 8.49. The van der Waals surface area contributed by atoms with Gasteiger partial charge in [0.15, 0.2) is 0 Å². The first-order chi connectivity index (χ1) is 19.8. The van der Waals surface area contributed by atoms with E-state index in [-0.39, 0.29) is 24.1 Å². The fourth-order valence-electron chi connectivity index (χ4n) is 6.12. The second-order valence-electron chi connectivity index (χ2n) is 11.5. The lowest BCUT2D eigenvalue weighted by Gasteiger charge is -2.33. The first-order valence-electron chi connectivity index (χ1n) is 14.4. The number of piperazine rings is 1. The SMILES string of the molecule is Cc1cc(C)c(CNC(=O)c2cc(-c3ccc(N4CCN(C)CC4)nc3)cc3c2c(C)cn3[C@H]2CCOC2)c(=O)[nH]1. The summed E-state index contributed by atoms with van der Waals surface area (Å²) in [5.41, 5.74) is 6.59. The summed E-state index contributed by atoms with van der Waals surface area (Å²) in [5, 5.41) is 3.96. The van der Waals surface area contributed by atoms with Crippen molar-refractivity contribution >= 4 is 22.6 Å². The maximum Gasteiger partial charge on any atom is 0.253 e. The van der Waals surface area contributed by atoms with Crippen LogP contribution in [-0.2, 0) is 11.3 Å². The van der Waals surface area contributed by atoms with Gasteiger partial charge < -0.3 is 29.4 Å². The van der Waals surface area contributed by atoms with Crippen LogP contribution in [0.5, 0.6) is 0 Å². The molecule has 9 heteroatoms. The maximum atomic E-state index is 13.8. The van der Waals surface area contributed by atoms with Crippen LogP contribution >= 0.6 is 0 Å². The largest absolute Gasteiger partial charge is 0.379 e. The topological polar surface area (TPSA) is 95.5 Å². The van der Waals surface area contributed by atoms with Gasteiger partial charge in [-0.2, -0.15) is 0 Å². The molecule has 0 saturated carbocycles. The number of benzene rings is 1. The number of amides is 1. The van der Waals surface area contributed by atoms with Crippen LogP contribution in [0.4, 0.5) is 5.82 Å². The second kappa shape index (κ2) is 11.1. The number of carbonyl (C=O) groups is 1. The minimum Gasteiger partial charge on any atom is -0.379 e. The van der Waals surface area contributed by atoms with E-state index >= 15 is 0 Å². The van der Waals surface area contributed by atoms with Crippen LogP contribution in [0.2, 0.25) is 0 Å². The standard InChI is InChI=1S/C32H38N6O3/c1-20-13-22(3)35-32(40)27(20)17-34-31(39)26-14-24(15-28-30(26)21(2)18-38(28)25-7-12-41-19-25)23-5-6-29(33-16-23)37-10-8-36(4)9-11-37/h5-6,13-16,18,25H,7-12,17,19H2,1-4H3,(H,34,39)(H,35,40)/t25-/m0/s1. The van der Waals surface area contributed by atoms with Gasteiger partial charge in [0.05, 0.1) is 18.2 Å². The van der Waals surface area contributed by atoms with Crippen LogP contribution in [0, 0.1) is 20.8 Å². The summed E-state index contributed by atoms with van der Waals surface area (Å²) in [4.78, 5) is 38.7. The van der Waals surface area contributed by atoms with E-state index in [9.17, 15) is 9.59 Å². The molecule has 3 aromatic heterocycles. The molecular formula is C32H38N6O3.